The van der Waals surface area contributed by atoms with Crippen molar-refractivity contribution < 1.29 is 8.78 Å². The van der Waals surface area contributed by atoms with Crippen molar-refractivity contribution in [1.82, 2.24) is 9.55 Å². The zero-order valence-electron chi connectivity index (χ0n) is 6.04. The molecule has 0 fully saturated rings. The number of nitrogens with two attached hydrogens (primary N) is 1. The number of aryl methyl sites for hydroxylation is 1. The molecule has 2 N–H and O–H groups in total. The molecule has 11 heavy (non-hydrogen) atoms. The van der Waals surface area contributed by atoms with E-state index in [9.17, 15) is 8.78 Å². The third kappa shape index (κ3) is 1.54. The molecule has 0 aromatic carbocycles. The summed E-state index contributed by atoms with van der Waals surface area (Å²) in [6, 6.07) is -1.23. The molecular formula is C6H9F2N3. The van der Waals surface area contributed by atoms with Crippen LogP contribution in [0.25, 0.3) is 0 Å². The number of nitrogens with zero attached hydrogens (tertiary/aromatic N) is 2. The third-order valence-electron chi connectivity index (χ3n) is 1.47. The highest BCUT2D eigenvalue weighted by Crippen LogP contribution is 2.15. The lowest BCUT2D eigenvalue weighted by atomic mass is 10.2. The summed E-state index contributed by atoms with van der Waals surface area (Å²) in [6.45, 7) is 0. The van der Waals surface area contributed by atoms with Crippen molar-refractivity contribution >= 4 is 0 Å². The van der Waals surface area contributed by atoms with Crippen molar-refractivity contribution in [2.45, 2.75) is 12.5 Å². The van der Waals surface area contributed by atoms with Crippen LogP contribution in [0.1, 0.15) is 11.7 Å². The van der Waals surface area contributed by atoms with Gasteiger partial charge in [-0.25, -0.2) is 13.8 Å². The van der Waals surface area contributed by atoms with Gasteiger partial charge < -0.3 is 10.3 Å². The van der Waals surface area contributed by atoms with Crippen molar-refractivity contribution in [2.75, 3.05) is 0 Å². The topological polar surface area (TPSA) is 43.8 Å². The van der Waals surface area contributed by atoms with Crippen LogP contribution >= 0.6 is 0 Å². The minimum absolute atomic E-state index is 0.347. The Kier molecular flexibility index (Phi) is 2.19. The zero-order valence-corrected chi connectivity index (χ0v) is 6.04. The molecular weight excluding hydrogens is 152 g/mol. The van der Waals surface area contributed by atoms with Gasteiger partial charge in [0.15, 0.2) is 0 Å². The minimum Gasteiger partial charge on any atom is -0.336 e. The maximum Gasteiger partial charge on any atom is 0.259 e. The molecule has 0 aliphatic carbocycles. The second kappa shape index (κ2) is 2.96. The van der Waals surface area contributed by atoms with Crippen molar-refractivity contribution in [3.63, 3.8) is 0 Å². The van der Waals surface area contributed by atoms with Crippen LogP contribution in [-0.2, 0) is 7.05 Å². The predicted molar refractivity (Wildman–Crippen MR) is 36.1 cm³/mol. The maximum atomic E-state index is 12.0. The largest absolute Gasteiger partial charge is 0.336 e. The average molecular weight is 161 g/mol. The number of hydrogen-bond donors (Lipinski definition) is 1. The number of halogens is 2. The molecule has 0 spiro atoms. The van der Waals surface area contributed by atoms with Gasteiger partial charge >= 0.3 is 0 Å². The molecule has 0 amide bonds. The van der Waals surface area contributed by atoms with Gasteiger partial charge in [0.05, 0.1) is 12.0 Å². The fourth-order valence-electron chi connectivity index (χ4n) is 0.818. The van der Waals surface area contributed by atoms with Crippen molar-refractivity contribution in [3.05, 3.63) is 18.2 Å². The summed E-state index contributed by atoms with van der Waals surface area (Å²) in [5.74, 6) is 0. The summed E-state index contributed by atoms with van der Waals surface area (Å²) in [5.41, 5.74) is 5.52. The van der Waals surface area contributed by atoms with Crippen LogP contribution in [0.5, 0.6) is 0 Å². The van der Waals surface area contributed by atoms with E-state index in [1.807, 2.05) is 0 Å². The standard InChI is InChI=1S/C6H9F2N3/c1-11-3-10-2-4(11)5(9)6(7)8/h2-3,5-6H,9H2,1H3. The van der Waals surface area contributed by atoms with Crippen LogP contribution in [0.3, 0.4) is 0 Å². The molecule has 0 aliphatic rings. The van der Waals surface area contributed by atoms with Gasteiger partial charge in [-0.3, -0.25) is 0 Å². The number of rotatable bonds is 2. The molecule has 1 aromatic heterocycles. The van der Waals surface area contributed by atoms with Crippen molar-refractivity contribution in [2.24, 2.45) is 12.8 Å². The van der Waals surface area contributed by atoms with E-state index in [0.29, 0.717) is 5.69 Å². The van der Waals surface area contributed by atoms with Gasteiger partial charge in [-0.15, -0.1) is 0 Å². The molecule has 62 valence electrons. The van der Waals surface area contributed by atoms with Gasteiger partial charge in [0.2, 0.25) is 0 Å². The Morgan fingerprint density at radius 2 is 2.27 bits per heavy atom. The quantitative estimate of drug-likeness (QED) is 0.693. The third-order valence-corrected chi connectivity index (χ3v) is 1.47. The smallest absolute Gasteiger partial charge is 0.259 e. The van der Waals surface area contributed by atoms with E-state index in [0.717, 1.165) is 0 Å². The molecule has 1 heterocycles. The summed E-state index contributed by atoms with van der Waals surface area (Å²) >= 11 is 0. The summed E-state index contributed by atoms with van der Waals surface area (Å²) in [5, 5.41) is 0. The van der Waals surface area contributed by atoms with Gasteiger partial charge in [0, 0.05) is 13.2 Å². The first-order valence-electron chi connectivity index (χ1n) is 3.13. The Bertz CT molecular complexity index is 233. The van der Waals surface area contributed by atoms with E-state index in [2.05, 4.69) is 4.98 Å². The van der Waals surface area contributed by atoms with E-state index in [-0.39, 0.29) is 0 Å². The Morgan fingerprint density at radius 1 is 1.64 bits per heavy atom. The van der Waals surface area contributed by atoms with Crippen LogP contribution in [0.15, 0.2) is 12.5 Å². The normalized spacial score (nSPS) is 13.9. The fraction of sp³-hybridized carbons (Fsp3) is 0.500. The Balaban J connectivity index is 2.84. The molecule has 0 radical (unpaired) electrons. The lowest BCUT2D eigenvalue weighted by Gasteiger charge is -2.09. The van der Waals surface area contributed by atoms with Crippen molar-refractivity contribution in [1.29, 1.82) is 0 Å². The van der Waals surface area contributed by atoms with E-state index in [4.69, 9.17) is 5.73 Å². The monoisotopic (exact) mass is 161 g/mol. The number of imidazole rings is 1. The summed E-state index contributed by atoms with van der Waals surface area (Å²) in [7, 11) is 1.63. The van der Waals surface area contributed by atoms with Crippen LogP contribution in [-0.4, -0.2) is 16.0 Å². The fourth-order valence-corrected chi connectivity index (χ4v) is 0.818. The second-order valence-electron chi connectivity index (χ2n) is 2.29. The molecule has 1 unspecified atom stereocenters. The summed E-state index contributed by atoms with van der Waals surface area (Å²) in [4.78, 5) is 3.67. The molecule has 0 aliphatic heterocycles. The van der Waals surface area contributed by atoms with Gasteiger partial charge in [-0.1, -0.05) is 0 Å². The lowest BCUT2D eigenvalue weighted by molar-refractivity contribution is 0.113. The molecule has 0 bridgehead atoms. The lowest BCUT2D eigenvalue weighted by Crippen LogP contribution is -2.21. The number of hydrogen-bond acceptors (Lipinski definition) is 2. The van der Waals surface area contributed by atoms with E-state index >= 15 is 0 Å². The van der Waals surface area contributed by atoms with Crippen LogP contribution in [0, 0.1) is 0 Å². The first-order chi connectivity index (χ1) is 5.13. The maximum absolute atomic E-state index is 12.0. The second-order valence-corrected chi connectivity index (χ2v) is 2.29. The summed E-state index contributed by atoms with van der Waals surface area (Å²) in [6.07, 6.45) is 0.249. The molecule has 1 atom stereocenters. The minimum atomic E-state index is -2.54. The molecule has 1 aromatic rings. The molecule has 0 saturated carbocycles. The number of aromatic nitrogens is 2. The molecule has 3 nitrogen and oxygen atoms in total. The Morgan fingerprint density at radius 3 is 2.64 bits per heavy atom. The van der Waals surface area contributed by atoms with E-state index in [1.165, 1.54) is 17.1 Å². The van der Waals surface area contributed by atoms with E-state index < -0.39 is 12.5 Å². The average Bonchev–Trinajstić information content (AvgIpc) is 2.33. The van der Waals surface area contributed by atoms with Gasteiger partial charge in [0.25, 0.3) is 6.43 Å². The van der Waals surface area contributed by atoms with E-state index in [1.54, 1.807) is 7.05 Å². The Hall–Kier alpha value is -0.970. The molecule has 1 rings (SSSR count). The SMILES string of the molecule is Cn1cncc1C(N)C(F)F. The number of alkyl halides is 2. The van der Waals surface area contributed by atoms with Crippen LogP contribution < -0.4 is 5.73 Å². The zero-order chi connectivity index (χ0) is 8.43. The predicted octanol–water partition coefficient (Wildman–Crippen LogP) is 0.685. The van der Waals surface area contributed by atoms with Crippen molar-refractivity contribution in [3.8, 4) is 0 Å². The van der Waals surface area contributed by atoms with Gasteiger partial charge in [-0.2, -0.15) is 0 Å². The van der Waals surface area contributed by atoms with Gasteiger partial charge in [-0.05, 0) is 0 Å². The highest BCUT2D eigenvalue weighted by Gasteiger charge is 2.19. The van der Waals surface area contributed by atoms with Gasteiger partial charge in [0.1, 0.15) is 6.04 Å². The highest BCUT2D eigenvalue weighted by molar-refractivity contribution is 5.04. The molecule has 0 saturated heterocycles. The highest BCUT2D eigenvalue weighted by atomic mass is 19.3. The molecule has 5 heteroatoms. The summed E-state index contributed by atoms with van der Waals surface area (Å²) < 4.78 is 25.5. The van der Waals surface area contributed by atoms with Crippen LogP contribution in [0.2, 0.25) is 0 Å². The van der Waals surface area contributed by atoms with Crippen LogP contribution in [0.4, 0.5) is 8.78 Å². The Labute approximate surface area is 62.8 Å². The first kappa shape index (κ1) is 8.13. The first-order valence-corrected chi connectivity index (χ1v) is 3.13.